The third-order valence-electron chi connectivity index (χ3n) is 2.54. The van der Waals surface area contributed by atoms with Crippen molar-refractivity contribution in [3.8, 4) is 5.75 Å². The van der Waals surface area contributed by atoms with Gasteiger partial charge >= 0.3 is 0 Å². The normalized spacial score (nSPS) is 10.5. The van der Waals surface area contributed by atoms with Gasteiger partial charge in [0.1, 0.15) is 18.2 Å². The van der Waals surface area contributed by atoms with Crippen LogP contribution in [-0.4, -0.2) is 0 Å². The van der Waals surface area contributed by atoms with Gasteiger partial charge in [0, 0.05) is 15.9 Å². The Morgan fingerprint density at radius 2 is 1.89 bits per heavy atom. The van der Waals surface area contributed by atoms with Crippen LogP contribution in [0.4, 0.5) is 4.39 Å². The molecule has 0 radical (unpaired) electrons. The third-order valence-corrected chi connectivity index (χ3v) is 3.69. The second-order valence-electron chi connectivity index (χ2n) is 3.92. The van der Waals surface area contributed by atoms with Crippen molar-refractivity contribution < 1.29 is 9.13 Å². The molecule has 2 aromatic carbocycles. The highest BCUT2D eigenvalue weighted by molar-refractivity contribution is 9.08. The number of hydrogen-bond acceptors (Lipinski definition) is 1. The molecule has 0 saturated carbocycles. The van der Waals surface area contributed by atoms with Crippen molar-refractivity contribution in [1.82, 2.24) is 0 Å². The van der Waals surface area contributed by atoms with Crippen molar-refractivity contribution in [1.29, 1.82) is 0 Å². The minimum absolute atomic E-state index is 0.108. The molecule has 0 heterocycles. The maximum absolute atomic E-state index is 13.3. The molecule has 2 aromatic rings. The van der Waals surface area contributed by atoms with Crippen LogP contribution in [0.3, 0.4) is 0 Å². The number of rotatable bonds is 4. The molecule has 2 rings (SSSR count). The van der Waals surface area contributed by atoms with Crippen molar-refractivity contribution in [2.75, 3.05) is 0 Å². The van der Waals surface area contributed by atoms with Crippen LogP contribution < -0.4 is 4.74 Å². The Labute approximate surface area is 129 Å². The molecule has 0 unspecified atom stereocenters. The van der Waals surface area contributed by atoms with Crippen LogP contribution in [0, 0.1) is 5.82 Å². The largest absolute Gasteiger partial charge is 0.489 e. The summed E-state index contributed by atoms with van der Waals surface area (Å²) in [6.07, 6.45) is 0. The smallest absolute Gasteiger partial charge is 0.142 e. The molecular weight excluding hydrogens is 354 g/mol. The third kappa shape index (κ3) is 3.85. The van der Waals surface area contributed by atoms with Crippen molar-refractivity contribution in [2.24, 2.45) is 0 Å². The van der Waals surface area contributed by atoms with Crippen LogP contribution in [0.25, 0.3) is 0 Å². The molecule has 0 aromatic heterocycles. The van der Waals surface area contributed by atoms with Crippen LogP contribution in [0.5, 0.6) is 5.75 Å². The van der Waals surface area contributed by atoms with E-state index in [0.29, 0.717) is 10.4 Å². The van der Waals surface area contributed by atoms with E-state index in [-0.39, 0.29) is 11.6 Å². The van der Waals surface area contributed by atoms with Crippen molar-refractivity contribution in [3.05, 3.63) is 63.4 Å². The van der Waals surface area contributed by atoms with Crippen LogP contribution in [0.2, 0.25) is 10.0 Å². The number of benzene rings is 2. The van der Waals surface area contributed by atoms with Crippen LogP contribution in [-0.2, 0) is 11.9 Å². The summed E-state index contributed by atoms with van der Waals surface area (Å²) in [7, 11) is 0. The summed E-state index contributed by atoms with van der Waals surface area (Å²) in [6, 6.07) is 9.99. The highest BCUT2D eigenvalue weighted by Crippen LogP contribution is 2.26. The molecule has 0 fully saturated rings. The summed E-state index contributed by atoms with van der Waals surface area (Å²) in [6.45, 7) is 0.274. The van der Waals surface area contributed by atoms with Crippen LogP contribution in [0.15, 0.2) is 36.4 Å². The topological polar surface area (TPSA) is 9.23 Å². The lowest BCUT2D eigenvalue weighted by atomic mass is 10.2. The SMILES string of the molecule is Fc1cc(COc2ccc(Cl)cc2CBr)ccc1Cl. The zero-order valence-corrected chi connectivity index (χ0v) is 12.9. The van der Waals surface area contributed by atoms with Crippen molar-refractivity contribution in [3.63, 3.8) is 0 Å². The Kier molecular flexibility index (Phi) is 5.08. The fourth-order valence-electron chi connectivity index (χ4n) is 1.58. The molecule has 0 N–H and O–H groups in total. The molecule has 0 aliphatic rings. The second-order valence-corrected chi connectivity index (χ2v) is 5.33. The first-order valence-corrected chi connectivity index (χ1v) is 7.39. The fraction of sp³-hybridized carbons (Fsp3) is 0.143. The summed E-state index contributed by atoms with van der Waals surface area (Å²) in [4.78, 5) is 0. The lowest BCUT2D eigenvalue weighted by molar-refractivity contribution is 0.303. The predicted octanol–water partition coefficient (Wildman–Crippen LogP) is 5.61. The maximum atomic E-state index is 13.3. The van der Waals surface area contributed by atoms with Gasteiger partial charge in [0.05, 0.1) is 5.02 Å². The minimum atomic E-state index is -0.445. The van der Waals surface area contributed by atoms with Gasteiger partial charge in [-0.1, -0.05) is 45.2 Å². The number of alkyl halides is 1. The summed E-state index contributed by atoms with van der Waals surface area (Å²) in [5.74, 6) is 0.274. The van der Waals surface area contributed by atoms with Gasteiger partial charge in [-0.2, -0.15) is 0 Å². The minimum Gasteiger partial charge on any atom is -0.489 e. The molecule has 0 atom stereocenters. The summed E-state index contributed by atoms with van der Waals surface area (Å²) < 4.78 is 19.0. The van der Waals surface area contributed by atoms with Crippen LogP contribution >= 0.6 is 39.1 Å². The monoisotopic (exact) mass is 362 g/mol. The van der Waals surface area contributed by atoms with Gasteiger partial charge in [-0.05, 0) is 35.9 Å². The summed E-state index contributed by atoms with van der Waals surface area (Å²) in [5.41, 5.74) is 1.67. The predicted molar refractivity (Wildman–Crippen MR) is 79.8 cm³/mol. The van der Waals surface area contributed by atoms with E-state index in [0.717, 1.165) is 16.9 Å². The molecule has 100 valence electrons. The molecule has 0 saturated heterocycles. The maximum Gasteiger partial charge on any atom is 0.142 e. The Bertz CT molecular complexity index is 590. The van der Waals surface area contributed by atoms with Gasteiger partial charge in [0.2, 0.25) is 0 Å². The standard InChI is InChI=1S/C14H10BrCl2FO/c15-7-10-6-11(16)2-4-14(10)19-8-9-1-3-12(17)13(18)5-9/h1-6H,7-8H2. The first-order chi connectivity index (χ1) is 9.10. The number of hydrogen-bond donors (Lipinski definition) is 0. The van der Waals surface area contributed by atoms with E-state index in [1.54, 1.807) is 18.2 Å². The highest BCUT2D eigenvalue weighted by Gasteiger charge is 2.06. The van der Waals surface area contributed by atoms with Gasteiger partial charge in [-0.15, -0.1) is 0 Å². The average Bonchev–Trinajstić information content (AvgIpc) is 2.41. The zero-order chi connectivity index (χ0) is 13.8. The van der Waals surface area contributed by atoms with Gasteiger partial charge in [0.15, 0.2) is 0 Å². The Morgan fingerprint density at radius 3 is 2.58 bits per heavy atom. The first-order valence-electron chi connectivity index (χ1n) is 5.51. The summed E-state index contributed by atoms with van der Waals surface area (Å²) in [5, 5.41) is 1.40. The van der Waals surface area contributed by atoms with E-state index >= 15 is 0 Å². The van der Waals surface area contributed by atoms with Gasteiger partial charge in [-0.3, -0.25) is 0 Å². The molecule has 5 heteroatoms. The van der Waals surface area contributed by atoms with Gasteiger partial charge in [-0.25, -0.2) is 4.39 Å². The quantitative estimate of drug-likeness (QED) is 0.642. The molecule has 1 nitrogen and oxygen atoms in total. The van der Waals surface area contributed by atoms with Crippen molar-refractivity contribution >= 4 is 39.1 Å². The lowest BCUT2D eigenvalue weighted by Gasteiger charge is -2.10. The second kappa shape index (κ2) is 6.60. The van der Waals surface area contributed by atoms with Gasteiger partial charge < -0.3 is 4.74 Å². The number of halogens is 4. The van der Waals surface area contributed by atoms with E-state index in [9.17, 15) is 4.39 Å². The van der Waals surface area contributed by atoms with Crippen molar-refractivity contribution in [2.45, 2.75) is 11.9 Å². The molecule has 19 heavy (non-hydrogen) atoms. The zero-order valence-electron chi connectivity index (χ0n) is 9.80. The molecule has 0 bridgehead atoms. The van der Waals surface area contributed by atoms with Crippen LogP contribution in [0.1, 0.15) is 11.1 Å². The highest BCUT2D eigenvalue weighted by atomic mass is 79.9. The summed E-state index contributed by atoms with van der Waals surface area (Å²) >= 11 is 14.9. The number of ether oxygens (including phenoxy) is 1. The Balaban J connectivity index is 2.12. The Morgan fingerprint density at radius 1 is 1.11 bits per heavy atom. The van der Waals surface area contributed by atoms with E-state index in [1.165, 1.54) is 12.1 Å². The Hall–Kier alpha value is -0.770. The average molecular weight is 364 g/mol. The first kappa shape index (κ1) is 14.6. The molecule has 0 aliphatic carbocycles. The van der Waals surface area contributed by atoms with E-state index in [1.807, 2.05) is 6.07 Å². The lowest BCUT2D eigenvalue weighted by Crippen LogP contribution is -1.98. The van der Waals surface area contributed by atoms with E-state index in [4.69, 9.17) is 27.9 Å². The molecule has 0 aliphatic heterocycles. The molecule has 0 amide bonds. The molecular formula is C14H10BrCl2FO. The van der Waals surface area contributed by atoms with E-state index in [2.05, 4.69) is 15.9 Å². The molecule has 0 spiro atoms. The fourth-order valence-corrected chi connectivity index (χ4v) is 2.33. The van der Waals surface area contributed by atoms with E-state index < -0.39 is 5.82 Å². The van der Waals surface area contributed by atoms with Gasteiger partial charge in [0.25, 0.3) is 0 Å².